The smallest absolute Gasteiger partial charge is 0.272 e. The Bertz CT molecular complexity index is 1150. The van der Waals surface area contributed by atoms with Gasteiger partial charge in [-0.05, 0) is 31.5 Å². The van der Waals surface area contributed by atoms with Gasteiger partial charge in [0.2, 0.25) is 5.91 Å². The maximum Gasteiger partial charge on any atom is 0.272 e. The first-order valence-electron chi connectivity index (χ1n) is 10.3. The highest BCUT2D eigenvalue weighted by atomic mass is 16.3. The second kappa shape index (κ2) is 8.33. The van der Waals surface area contributed by atoms with Crippen LogP contribution in [0, 0.1) is 6.92 Å². The van der Waals surface area contributed by atoms with E-state index >= 15 is 0 Å². The van der Waals surface area contributed by atoms with Gasteiger partial charge in [0.05, 0.1) is 19.4 Å². The molecule has 0 fully saturated rings. The Morgan fingerprint density at radius 3 is 2.59 bits per heavy atom. The van der Waals surface area contributed by atoms with Crippen molar-refractivity contribution in [2.45, 2.75) is 39.0 Å². The number of fused-ring (bicyclic) bond motifs is 1. The number of carbonyl (C=O) groups excluding carboxylic acids is 3. The predicted molar refractivity (Wildman–Crippen MR) is 116 cm³/mol. The Morgan fingerprint density at radius 1 is 1.16 bits per heavy atom. The molecule has 166 valence electrons. The highest BCUT2D eigenvalue weighted by molar-refractivity contribution is 6.01. The quantitative estimate of drug-likeness (QED) is 0.614. The first kappa shape index (κ1) is 21.4. The van der Waals surface area contributed by atoms with Crippen LogP contribution < -0.4 is 10.6 Å². The number of nitrogens with one attached hydrogen (secondary N) is 2. The van der Waals surface area contributed by atoms with Gasteiger partial charge in [0.25, 0.3) is 11.8 Å². The van der Waals surface area contributed by atoms with Crippen LogP contribution in [0.3, 0.4) is 0 Å². The minimum Gasteiger partial charge on any atom is -0.467 e. The summed E-state index contributed by atoms with van der Waals surface area (Å²) in [5.41, 5.74) is 1.33. The van der Waals surface area contributed by atoms with Crippen molar-refractivity contribution in [2.24, 2.45) is 0 Å². The molecule has 0 unspecified atom stereocenters. The number of likely N-dealkylation sites (N-methyl/N-ethyl adjacent to an activating group) is 1. The molecule has 1 aromatic carbocycles. The maximum atomic E-state index is 13.1. The van der Waals surface area contributed by atoms with E-state index in [-0.39, 0.29) is 36.3 Å². The molecule has 3 heterocycles. The van der Waals surface area contributed by atoms with Gasteiger partial charge >= 0.3 is 0 Å². The molecule has 0 aliphatic carbocycles. The van der Waals surface area contributed by atoms with Gasteiger partial charge < -0.3 is 20.0 Å². The second-order valence-corrected chi connectivity index (χ2v) is 8.14. The average Bonchev–Trinajstić information content (AvgIpc) is 3.45. The minimum atomic E-state index is -1.15. The van der Waals surface area contributed by atoms with Crippen LogP contribution in [0.25, 0.3) is 0 Å². The average molecular weight is 435 g/mol. The molecule has 4 rings (SSSR count). The third-order valence-corrected chi connectivity index (χ3v) is 5.80. The normalized spacial score (nSPS) is 17.7. The Labute approximate surface area is 185 Å². The number of aromatic nitrogens is 2. The molecule has 32 heavy (non-hydrogen) atoms. The number of rotatable bonds is 6. The minimum absolute atomic E-state index is 0.109. The zero-order valence-corrected chi connectivity index (χ0v) is 18.2. The zero-order valence-electron chi connectivity index (χ0n) is 18.2. The first-order valence-corrected chi connectivity index (χ1v) is 10.3. The lowest BCUT2D eigenvalue weighted by atomic mass is 9.95. The molecule has 0 saturated carbocycles. The van der Waals surface area contributed by atoms with E-state index in [9.17, 15) is 14.4 Å². The summed E-state index contributed by atoms with van der Waals surface area (Å²) in [6, 6.07) is 12.8. The second-order valence-electron chi connectivity index (χ2n) is 8.14. The molecule has 0 spiro atoms. The molecular weight excluding hydrogens is 410 g/mol. The lowest BCUT2D eigenvalue weighted by molar-refractivity contribution is -0.132. The molecule has 9 nitrogen and oxygen atoms in total. The van der Waals surface area contributed by atoms with Gasteiger partial charge in [-0.15, -0.1) is 0 Å². The summed E-state index contributed by atoms with van der Waals surface area (Å²) in [6.45, 7) is 4.38. The zero-order chi connectivity index (χ0) is 22.9. The fraction of sp³-hybridized carbons (Fsp3) is 0.304. The van der Waals surface area contributed by atoms with Crippen LogP contribution in [0.4, 0.5) is 0 Å². The van der Waals surface area contributed by atoms with E-state index in [0.29, 0.717) is 12.3 Å². The lowest BCUT2D eigenvalue weighted by Gasteiger charge is -2.40. The molecule has 9 heteroatoms. The third kappa shape index (κ3) is 4.01. The molecule has 2 aromatic heterocycles. The number of carbonyl (C=O) groups is 3. The van der Waals surface area contributed by atoms with Gasteiger partial charge in [0.1, 0.15) is 17.0 Å². The topological polar surface area (TPSA) is 109 Å². The SMILES string of the molecule is Cc1ccc(CNC(=O)[C@@]2(C)Cn3nc(C(=O)NCc4ccco4)cc3C(=O)N2C)cc1. The number of hydrogen-bond acceptors (Lipinski definition) is 5. The number of hydrogen-bond donors (Lipinski definition) is 2. The first-order chi connectivity index (χ1) is 15.3. The van der Waals surface area contributed by atoms with Crippen LogP contribution in [-0.4, -0.2) is 45.0 Å². The molecule has 0 radical (unpaired) electrons. The maximum absolute atomic E-state index is 13.1. The van der Waals surface area contributed by atoms with E-state index in [4.69, 9.17) is 4.42 Å². The van der Waals surface area contributed by atoms with E-state index in [1.165, 1.54) is 21.9 Å². The van der Waals surface area contributed by atoms with Crippen LogP contribution in [0.5, 0.6) is 0 Å². The van der Waals surface area contributed by atoms with Gasteiger partial charge in [-0.3, -0.25) is 19.1 Å². The van der Waals surface area contributed by atoms with E-state index in [2.05, 4.69) is 15.7 Å². The summed E-state index contributed by atoms with van der Waals surface area (Å²) in [6.07, 6.45) is 1.52. The van der Waals surface area contributed by atoms with Crippen LogP contribution in [0.2, 0.25) is 0 Å². The number of benzene rings is 1. The van der Waals surface area contributed by atoms with Gasteiger partial charge in [0, 0.05) is 19.7 Å². The fourth-order valence-electron chi connectivity index (χ4n) is 3.59. The Kier molecular flexibility index (Phi) is 5.56. The van der Waals surface area contributed by atoms with Gasteiger partial charge in [-0.2, -0.15) is 5.10 Å². The van der Waals surface area contributed by atoms with E-state index in [0.717, 1.165) is 11.1 Å². The summed E-state index contributed by atoms with van der Waals surface area (Å²) in [4.78, 5) is 39.9. The summed E-state index contributed by atoms with van der Waals surface area (Å²) in [7, 11) is 1.58. The predicted octanol–water partition coefficient (Wildman–Crippen LogP) is 1.88. The largest absolute Gasteiger partial charge is 0.467 e. The molecule has 0 saturated heterocycles. The third-order valence-electron chi connectivity index (χ3n) is 5.80. The van der Waals surface area contributed by atoms with Crippen molar-refractivity contribution in [1.82, 2.24) is 25.3 Å². The number of nitrogens with zero attached hydrogens (tertiary/aromatic N) is 3. The standard InChI is InChI=1S/C23H25N5O4/c1-15-6-8-16(9-7-15)12-25-22(31)23(2)14-28-19(21(30)27(23)3)11-18(26-28)20(29)24-13-17-5-4-10-32-17/h4-11H,12-14H2,1-3H3,(H,24,29)(H,25,31)/t23-/m1/s1. The lowest BCUT2D eigenvalue weighted by Crippen LogP contribution is -2.62. The van der Waals surface area contributed by atoms with Crippen LogP contribution in [0.1, 0.15) is 44.8 Å². The monoisotopic (exact) mass is 435 g/mol. The van der Waals surface area contributed by atoms with E-state index in [1.54, 1.807) is 26.1 Å². The molecule has 3 aromatic rings. The Balaban J connectivity index is 1.47. The molecule has 0 bridgehead atoms. The van der Waals surface area contributed by atoms with Crippen molar-refractivity contribution in [1.29, 1.82) is 0 Å². The van der Waals surface area contributed by atoms with Gasteiger partial charge in [-0.1, -0.05) is 29.8 Å². The summed E-state index contributed by atoms with van der Waals surface area (Å²) >= 11 is 0. The summed E-state index contributed by atoms with van der Waals surface area (Å²) in [5.74, 6) is -0.485. The number of furan rings is 1. The highest BCUT2D eigenvalue weighted by Crippen LogP contribution is 2.26. The van der Waals surface area contributed by atoms with Crippen LogP contribution >= 0.6 is 0 Å². The number of aryl methyl sites for hydroxylation is 1. The Morgan fingerprint density at radius 2 is 1.91 bits per heavy atom. The van der Waals surface area contributed by atoms with Crippen molar-refractivity contribution in [3.63, 3.8) is 0 Å². The van der Waals surface area contributed by atoms with Crippen molar-refractivity contribution in [3.8, 4) is 0 Å². The highest BCUT2D eigenvalue weighted by Gasteiger charge is 2.46. The van der Waals surface area contributed by atoms with E-state index < -0.39 is 11.4 Å². The van der Waals surface area contributed by atoms with Gasteiger partial charge in [-0.25, -0.2) is 0 Å². The van der Waals surface area contributed by atoms with Crippen molar-refractivity contribution < 1.29 is 18.8 Å². The van der Waals surface area contributed by atoms with Crippen molar-refractivity contribution >= 4 is 17.7 Å². The summed E-state index contributed by atoms with van der Waals surface area (Å²) < 4.78 is 6.63. The van der Waals surface area contributed by atoms with E-state index in [1.807, 2.05) is 31.2 Å². The molecule has 1 atom stereocenters. The molecule has 3 amide bonds. The fourth-order valence-corrected chi connectivity index (χ4v) is 3.59. The van der Waals surface area contributed by atoms with Crippen LogP contribution in [-0.2, 0) is 24.4 Å². The van der Waals surface area contributed by atoms with Crippen molar-refractivity contribution in [3.05, 3.63) is 77.0 Å². The summed E-state index contributed by atoms with van der Waals surface area (Å²) in [5, 5.41) is 9.91. The van der Waals surface area contributed by atoms with Gasteiger partial charge in [0.15, 0.2) is 5.69 Å². The van der Waals surface area contributed by atoms with Crippen molar-refractivity contribution in [2.75, 3.05) is 7.05 Å². The molecular formula is C23H25N5O4. The molecule has 1 aliphatic heterocycles. The number of amides is 3. The molecule has 1 aliphatic rings. The van der Waals surface area contributed by atoms with Crippen LogP contribution in [0.15, 0.2) is 53.1 Å². The Hall–Kier alpha value is -3.88. The molecule has 2 N–H and O–H groups in total.